The first-order valence-corrected chi connectivity index (χ1v) is 11.7. The van der Waals surface area contributed by atoms with Crippen LogP contribution in [0.1, 0.15) is 18.5 Å². The molecule has 1 fully saturated rings. The Balaban J connectivity index is 1.59. The van der Waals surface area contributed by atoms with Gasteiger partial charge in [0.25, 0.3) is 0 Å². The summed E-state index contributed by atoms with van der Waals surface area (Å²) in [6, 6.07) is 22.5. The third-order valence-electron chi connectivity index (χ3n) is 6.11. The number of hydrogen-bond donors (Lipinski definition) is 2. The zero-order valence-electron chi connectivity index (χ0n) is 18.0. The molecule has 6 nitrogen and oxygen atoms in total. The molecule has 0 aliphatic carbocycles. The van der Waals surface area contributed by atoms with E-state index in [1.54, 1.807) is 7.11 Å². The van der Waals surface area contributed by atoms with Gasteiger partial charge in [0.1, 0.15) is 17.4 Å². The standard InChI is InChI=1S/C25H22BrN3O3S/c1-25-21(23(30)27-16-10-12-18(31-2)13-11-16)22(19-8-3-4-9-20(19)32-25)28-24(33)29(25)17-7-5-6-15(26)14-17/h3-14,21-22H,1-2H3,(H,27,30)(H,28,33)/t21-,22+,25+/m1/s1. The van der Waals surface area contributed by atoms with Crippen LogP contribution in [0.4, 0.5) is 11.4 Å². The summed E-state index contributed by atoms with van der Waals surface area (Å²) in [5.74, 6) is 0.686. The zero-order valence-corrected chi connectivity index (χ0v) is 20.4. The number of anilines is 2. The zero-order chi connectivity index (χ0) is 23.2. The number of amides is 1. The molecule has 2 heterocycles. The summed E-state index contributed by atoms with van der Waals surface area (Å²) < 4.78 is 12.7. The number of halogens is 1. The van der Waals surface area contributed by atoms with E-state index in [0.29, 0.717) is 10.8 Å². The van der Waals surface area contributed by atoms with Crippen LogP contribution in [0.3, 0.4) is 0 Å². The average molecular weight is 524 g/mol. The normalized spacial score (nSPS) is 23.1. The van der Waals surface area contributed by atoms with E-state index in [-0.39, 0.29) is 11.9 Å². The first-order chi connectivity index (χ1) is 15.9. The van der Waals surface area contributed by atoms with Crippen molar-refractivity contribution in [2.75, 3.05) is 17.3 Å². The van der Waals surface area contributed by atoms with Crippen LogP contribution >= 0.6 is 28.1 Å². The molecule has 3 aromatic carbocycles. The number of carbonyl (C=O) groups excluding carboxylic acids is 1. The molecular formula is C25H22BrN3O3S. The molecule has 0 saturated carbocycles. The molecule has 2 aliphatic rings. The summed E-state index contributed by atoms with van der Waals surface area (Å²) in [5.41, 5.74) is 1.35. The van der Waals surface area contributed by atoms with Gasteiger partial charge in [0.05, 0.1) is 13.2 Å². The van der Waals surface area contributed by atoms with E-state index in [2.05, 4.69) is 26.6 Å². The average Bonchev–Trinajstić information content (AvgIpc) is 2.79. The molecule has 0 aromatic heterocycles. The number of nitrogens with one attached hydrogen (secondary N) is 2. The van der Waals surface area contributed by atoms with E-state index >= 15 is 0 Å². The Morgan fingerprint density at radius 2 is 1.91 bits per heavy atom. The van der Waals surface area contributed by atoms with Gasteiger partial charge in [-0.05, 0) is 67.7 Å². The monoisotopic (exact) mass is 523 g/mol. The van der Waals surface area contributed by atoms with Crippen molar-refractivity contribution in [3.8, 4) is 11.5 Å². The number of methoxy groups -OCH3 is 1. The third-order valence-corrected chi connectivity index (χ3v) is 6.91. The van der Waals surface area contributed by atoms with Crippen LogP contribution in [-0.4, -0.2) is 23.9 Å². The maximum atomic E-state index is 13.8. The van der Waals surface area contributed by atoms with Crippen molar-refractivity contribution < 1.29 is 14.3 Å². The molecule has 2 N–H and O–H groups in total. The fourth-order valence-corrected chi connectivity index (χ4v) is 5.43. The molecule has 0 radical (unpaired) electrons. The van der Waals surface area contributed by atoms with Gasteiger partial charge in [0, 0.05) is 21.4 Å². The second kappa shape index (κ2) is 8.35. The molecule has 3 aromatic rings. The van der Waals surface area contributed by atoms with Crippen molar-refractivity contribution in [2.45, 2.75) is 18.7 Å². The highest BCUT2D eigenvalue weighted by Crippen LogP contribution is 2.49. The summed E-state index contributed by atoms with van der Waals surface area (Å²) in [4.78, 5) is 15.6. The molecule has 5 rings (SSSR count). The molecule has 8 heteroatoms. The van der Waals surface area contributed by atoms with Gasteiger partial charge in [-0.3, -0.25) is 9.69 Å². The molecule has 2 bridgehead atoms. The fourth-order valence-electron chi connectivity index (χ4n) is 4.63. The second-order valence-corrected chi connectivity index (χ2v) is 9.43. The molecular weight excluding hydrogens is 502 g/mol. The highest BCUT2D eigenvalue weighted by atomic mass is 79.9. The Hall–Kier alpha value is -3.10. The van der Waals surface area contributed by atoms with Crippen LogP contribution in [0.15, 0.2) is 77.3 Å². The maximum absolute atomic E-state index is 13.8. The van der Waals surface area contributed by atoms with Crippen molar-refractivity contribution in [3.63, 3.8) is 0 Å². The van der Waals surface area contributed by atoms with Crippen molar-refractivity contribution >= 4 is 50.5 Å². The minimum Gasteiger partial charge on any atom is -0.497 e. The van der Waals surface area contributed by atoms with Gasteiger partial charge in [0.15, 0.2) is 10.8 Å². The summed E-state index contributed by atoms with van der Waals surface area (Å²) in [6.45, 7) is 1.92. The van der Waals surface area contributed by atoms with Gasteiger partial charge in [0.2, 0.25) is 5.91 Å². The Morgan fingerprint density at radius 1 is 1.15 bits per heavy atom. The van der Waals surface area contributed by atoms with E-state index in [4.69, 9.17) is 21.7 Å². The summed E-state index contributed by atoms with van der Waals surface area (Å²) in [6.07, 6.45) is 0. The number of carbonyl (C=O) groups is 1. The molecule has 168 valence electrons. The lowest BCUT2D eigenvalue weighted by Gasteiger charge is -2.56. The highest BCUT2D eigenvalue weighted by Gasteiger charge is 2.59. The quantitative estimate of drug-likeness (QED) is 0.455. The number of rotatable bonds is 4. The van der Waals surface area contributed by atoms with Gasteiger partial charge in [-0.15, -0.1) is 0 Å². The third kappa shape index (κ3) is 3.73. The predicted molar refractivity (Wildman–Crippen MR) is 136 cm³/mol. The van der Waals surface area contributed by atoms with E-state index in [0.717, 1.165) is 27.2 Å². The number of benzene rings is 3. The van der Waals surface area contributed by atoms with Crippen LogP contribution in [0.2, 0.25) is 0 Å². The molecule has 1 saturated heterocycles. The molecule has 1 amide bonds. The molecule has 0 unspecified atom stereocenters. The van der Waals surface area contributed by atoms with E-state index in [1.165, 1.54) is 0 Å². The smallest absolute Gasteiger partial charge is 0.236 e. The lowest BCUT2D eigenvalue weighted by molar-refractivity contribution is -0.130. The number of nitrogens with zero attached hydrogens (tertiary/aromatic N) is 1. The van der Waals surface area contributed by atoms with E-state index in [9.17, 15) is 4.79 Å². The molecule has 2 aliphatic heterocycles. The van der Waals surface area contributed by atoms with E-state index < -0.39 is 11.6 Å². The van der Waals surface area contributed by atoms with E-state index in [1.807, 2.05) is 84.6 Å². The number of para-hydroxylation sites is 1. The molecule has 0 spiro atoms. The van der Waals surface area contributed by atoms with Crippen molar-refractivity contribution in [1.82, 2.24) is 5.32 Å². The SMILES string of the molecule is COc1ccc(NC(=O)[C@H]2[C@H]3NC(=S)N(c4cccc(Br)c4)[C@@]2(C)Oc2ccccc23)cc1. The molecule has 3 atom stereocenters. The van der Waals surface area contributed by atoms with Gasteiger partial charge >= 0.3 is 0 Å². The number of ether oxygens (including phenoxy) is 2. The van der Waals surface area contributed by atoms with Crippen LogP contribution in [-0.2, 0) is 4.79 Å². The predicted octanol–water partition coefficient (Wildman–Crippen LogP) is 5.26. The van der Waals surface area contributed by atoms with Crippen LogP contribution in [0.25, 0.3) is 0 Å². The first-order valence-electron chi connectivity index (χ1n) is 10.5. The second-order valence-electron chi connectivity index (χ2n) is 8.13. The van der Waals surface area contributed by atoms with Crippen molar-refractivity contribution in [1.29, 1.82) is 0 Å². The van der Waals surface area contributed by atoms with Gasteiger partial charge in [-0.25, -0.2) is 0 Å². The lowest BCUT2D eigenvalue weighted by Crippen LogP contribution is -2.72. The number of fused-ring (bicyclic) bond motifs is 4. The topological polar surface area (TPSA) is 62.8 Å². The van der Waals surface area contributed by atoms with Gasteiger partial charge < -0.3 is 20.1 Å². The van der Waals surface area contributed by atoms with Crippen molar-refractivity contribution in [3.05, 3.63) is 82.8 Å². The summed E-state index contributed by atoms with van der Waals surface area (Å²) >= 11 is 9.32. The van der Waals surface area contributed by atoms with Gasteiger partial charge in [-0.1, -0.05) is 40.2 Å². The summed E-state index contributed by atoms with van der Waals surface area (Å²) in [7, 11) is 1.61. The van der Waals surface area contributed by atoms with Crippen LogP contribution in [0.5, 0.6) is 11.5 Å². The minimum absolute atomic E-state index is 0.169. The first kappa shape index (κ1) is 21.7. The highest BCUT2D eigenvalue weighted by molar-refractivity contribution is 9.10. The Kier molecular flexibility index (Phi) is 5.50. The number of thiocarbonyl (C=S) groups is 1. The largest absolute Gasteiger partial charge is 0.497 e. The summed E-state index contributed by atoms with van der Waals surface area (Å²) in [5, 5.41) is 6.97. The molecule has 33 heavy (non-hydrogen) atoms. The fraction of sp³-hybridized carbons (Fsp3) is 0.200. The Bertz CT molecular complexity index is 1240. The van der Waals surface area contributed by atoms with Crippen LogP contribution in [0, 0.1) is 5.92 Å². The van der Waals surface area contributed by atoms with Gasteiger partial charge in [-0.2, -0.15) is 0 Å². The number of hydrogen-bond acceptors (Lipinski definition) is 4. The maximum Gasteiger partial charge on any atom is 0.236 e. The van der Waals surface area contributed by atoms with Crippen LogP contribution < -0.4 is 25.0 Å². The Morgan fingerprint density at radius 3 is 2.64 bits per heavy atom. The Labute approximate surface area is 206 Å². The lowest BCUT2D eigenvalue weighted by atomic mass is 9.78. The minimum atomic E-state index is -1.06. The van der Waals surface area contributed by atoms with Crippen molar-refractivity contribution in [2.24, 2.45) is 5.92 Å².